The summed E-state index contributed by atoms with van der Waals surface area (Å²) < 4.78 is 0. The standard InChI is InChI=1S/C13H22O2/c1-10(2)7-8-13(15)12-6-4-3-5-11(12)9-14/h9-10,13,15H,3-8H2,1-2H3/t13-/m0/s1. The fourth-order valence-corrected chi connectivity index (χ4v) is 2.13. The molecule has 1 atom stereocenters. The molecule has 2 nitrogen and oxygen atoms in total. The average Bonchev–Trinajstić information content (AvgIpc) is 2.25. The predicted molar refractivity (Wildman–Crippen MR) is 61.6 cm³/mol. The van der Waals surface area contributed by atoms with Crippen LogP contribution in [0.5, 0.6) is 0 Å². The number of rotatable bonds is 5. The third-order valence-electron chi connectivity index (χ3n) is 3.12. The summed E-state index contributed by atoms with van der Waals surface area (Å²) in [7, 11) is 0. The number of carbonyl (C=O) groups excluding carboxylic acids is 1. The van der Waals surface area contributed by atoms with Gasteiger partial charge in [0.05, 0.1) is 6.10 Å². The maximum Gasteiger partial charge on any atom is 0.146 e. The van der Waals surface area contributed by atoms with E-state index in [-0.39, 0.29) is 6.10 Å². The minimum absolute atomic E-state index is 0.382. The molecule has 0 aromatic heterocycles. The van der Waals surface area contributed by atoms with Crippen LogP contribution in [0.25, 0.3) is 0 Å². The lowest BCUT2D eigenvalue weighted by Crippen LogP contribution is -2.16. The van der Waals surface area contributed by atoms with Crippen molar-refractivity contribution >= 4 is 6.29 Å². The number of allylic oxidation sites excluding steroid dienone is 1. The Hall–Kier alpha value is -0.630. The molecule has 86 valence electrons. The smallest absolute Gasteiger partial charge is 0.146 e. The first kappa shape index (κ1) is 12.4. The lowest BCUT2D eigenvalue weighted by atomic mass is 9.87. The fourth-order valence-electron chi connectivity index (χ4n) is 2.13. The first-order valence-corrected chi connectivity index (χ1v) is 6.00. The summed E-state index contributed by atoms with van der Waals surface area (Å²) in [6, 6.07) is 0. The second kappa shape index (κ2) is 6.06. The van der Waals surface area contributed by atoms with E-state index in [1.165, 1.54) is 0 Å². The molecule has 1 rings (SSSR count). The van der Waals surface area contributed by atoms with Gasteiger partial charge in [-0.2, -0.15) is 0 Å². The zero-order valence-electron chi connectivity index (χ0n) is 9.83. The molecule has 15 heavy (non-hydrogen) atoms. The van der Waals surface area contributed by atoms with Crippen LogP contribution in [0.4, 0.5) is 0 Å². The van der Waals surface area contributed by atoms with Crippen molar-refractivity contribution in [3.63, 3.8) is 0 Å². The molecule has 0 radical (unpaired) electrons. The monoisotopic (exact) mass is 210 g/mol. The SMILES string of the molecule is CC(C)CC[C@H](O)C1=C(C=O)CCCC1. The van der Waals surface area contributed by atoms with Crippen LogP contribution in [0.2, 0.25) is 0 Å². The van der Waals surface area contributed by atoms with Gasteiger partial charge in [0.1, 0.15) is 6.29 Å². The van der Waals surface area contributed by atoms with Gasteiger partial charge in [0, 0.05) is 0 Å². The van der Waals surface area contributed by atoms with E-state index in [0.717, 1.165) is 56.0 Å². The third-order valence-corrected chi connectivity index (χ3v) is 3.12. The number of aliphatic hydroxyl groups is 1. The van der Waals surface area contributed by atoms with E-state index in [0.29, 0.717) is 5.92 Å². The van der Waals surface area contributed by atoms with Crippen molar-refractivity contribution < 1.29 is 9.90 Å². The molecule has 0 aromatic carbocycles. The predicted octanol–water partition coefficient (Wildman–Crippen LogP) is 2.85. The van der Waals surface area contributed by atoms with Crippen molar-refractivity contribution in [2.75, 3.05) is 0 Å². The average molecular weight is 210 g/mol. The molecule has 0 heterocycles. The van der Waals surface area contributed by atoms with E-state index >= 15 is 0 Å². The van der Waals surface area contributed by atoms with Crippen molar-refractivity contribution in [1.29, 1.82) is 0 Å². The van der Waals surface area contributed by atoms with Crippen LogP contribution >= 0.6 is 0 Å². The molecule has 1 aliphatic rings. The summed E-state index contributed by atoms with van der Waals surface area (Å²) in [5.41, 5.74) is 1.87. The highest BCUT2D eigenvalue weighted by Crippen LogP contribution is 2.28. The minimum atomic E-state index is -0.382. The maximum atomic E-state index is 10.8. The zero-order chi connectivity index (χ0) is 11.3. The van der Waals surface area contributed by atoms with Crippen LogP contribution in [-0.2, 0) is 4.79 Å². The first-order chi connectivity index (χ1) is 7.15. The van der Waals surface area contributed by atoms with Gasteiger partial charge in [-0.3, -0.25) is 4.79 Å². The van der Waals surface area contributed by atoms with Crippen LogP contribution in [0, 0.1) is 5.92 Å². The van der Waals surface area contributed by atoms with E-state index < -0.39 is 0 Å². The van der Waals surface area contributed by atoms with Crippen LogP contribution < -0.4 is 0 Å². The van der Waals surface area contributed by atoms with Gasteiger partial charge in [0.15, 0.2) is 0 Å². The molecule has 0 bridgehead atoms. The summed E-state index contributed by atoms with van der Waals surface area (Å²) in [6.45, 7) is 4.31. The van der Waals surface area contributed by atoms with Crippen molar-refractivity contribution in [2.24, 2.45) is 5.92 Å². The van der Waals surface area contributed by atoms with Gasteiger partial charge >= 0.3 is 0 Å². The van der Waals surface area contributed by atoms with Crippen LogP contribution in [0.3, 0.4) is 0 Å². The molecule has 0 saturated heterocycles. The summed E-state index contributed by atoms with van der Waals surface area (Å²) in [5.74, 6) is 0.614. The largest absolute Gasteiger partial charge is 0.389 e. The number of hydrogen-bond acceptors (Lipinski definition) is 2. The van der Waals surface area contributed by atoms with Crippen LogP contribution in [0.1, 0.15) is 52.4 Å². The van der Waals surface area contributed by atoms with Crippen molar-refractivity contribution in [1.82, 2.24) is 0 Å². The van der Waals surface area contributed by atoms with E-state index in [4.69, 9.17) is 0 Å². The lowest BCUT2D eigenvalue weighted by molar-refractivity contribution is -0.105. The van der Waals surface area contributed by atoms with Gasteiger partial charge in [-0.05, 0) is 55.6 Å². The van der Waals surface area contributed by atoms with Gasteiger partial charge in [-0.25, -0.2) is 0 Å². The summed E-state index contributed by atoms with van der Waals surface area (Å²) in [5, 5.41) is 10.0. The van der Waals surface area contributed by atoms with E-state index in [1.54, 1.807) is 0 Å². The molecule has 1 aliphatic carbocycles. The molecule has 0 spiro atoms. The zero-order valence-corrected chi connectivity index (χ0v) is 9.83. The maximum absolute atomic E-state index is 10.8. The molecule has 0 aliphatic heterocycles. The highest BCUT2D eigenvalue weighted by molar-refractivity contribution is 5.75. The Morgan fingerprint density at radius 1 is 1.27 bits per heavy atom. The van der Waals surface area contributed by atoms with Gasteiger partial charge in [0.25, 0.3) is 0 Å². The molecule has 0 fully saturated rings. The Morgan fingerprint density at radius 3 is 2.53 bits per heavy atom. The third kappa shape index (κ3) is 3.78. The molecule has 1 N–H and O–H groups in total. The quantitative estimate of drug-likeness (QED) is 0.708. The highest BCUT2D eigenvalue weighted by atomic mass is 16.3. The topological polar surface area (TPSA) is 37.3 Å². The number of aliphatic hydroxyl groups excluding tert-OH is 1. The minimum Gasteiger partial charge on any atom is -0.389 e. The van der Waals surface area contributed by atoms with Gasteiger partial charge in [-0.1, -0.05) is 13.8 Å². The molecular formula is C13H22O2. The Morgan fingerprint density at radius 2 is 1.93 bits per heavy atom. The fraction of sp³-hybridized carbons (Fsp3) is 0.769. The second-order valence-corrected chi connectivity index (χ2v) is 4.86. The van der Waals surface area contributed by atoms with E-state index in [2.05, 4.69) is 13.8 Å². The van der Waals surface area contributed by atoms with Crippen molar-refractivity contribution in [3.8, 4) is 0 Å². The molecule has 0 unspecified atom stereocenters. The van der Waals surface area contributed by atoms with Crippen molar-refractivity contribution in [2.45, 2.75) is 58.5 Å². The second-order valence-electron chi connectivity index (χ2n) is 4.86. The normalized spacial score (nSPS) is 19.5. The molecule has 0 aromatic rings. The van der Waals surface area contributed by atoms with E-state index in [9.17, 15) is 9.90 Å². The molecule has 2 heteroatoms. The van der Waals surface area contributed by atoms with Crippen molar-refractivity contribution in [3.05, 3.63) is 11.1 Å². The number of carbonyl (C=O) groups is 1. The number of aldehydes is 1. The van der Waals surface area contributed by atoms with Crippen LogP contribution in [0.15, 0.2) is 11.1 Å². The molecular weight excluding hydrogens is 188 g/mol. The molecule has 0 amide bonds. The highest BCUT2D eigenvalue weighted by Gasteiger charge is 2.19. The van der Waals surface area contributed by atoms with Gasteiger partial charge in [-0.15, -0.1) is 0 Å². The Balaban J connectivity index is 2.58. The van der Waals surface area contributed by atoms with Gasteiger partial charge in [0.2, 0.25) is 0 Å². The van der Waals surface area contributed by atoms with E-state index in [1.807, 2.05) is 0 Å². The summed E-state index contributed by atoms with van der Waals surface area (Å²) in [4.78, 5) is 10.8. The summed E-state index contributed by atoms with van der Waals surface area (Å²) in [6.07, 6.45) is 6.35. The summed E-state index contributed by atoms with van der Waals surface area (Å²) >= 11 is 0. The lowest BCUT2D eigenvalue weighted by Gasteiger charge is -2.22. The number of hydrogen-bond donors (Lipinski definition) is 1. The Bertz CT molecular complexity index is 241. The first-order valence-electron chi connectivity index (χ1n) is 6.00. The van der Waals surface area contributed by atoms with Gasteiger partial charge < -0.3 is 5.11 Å². The Labute approximate surface area is 92.4 Å². The molecule has 0 saturated carbocycles. The Kier molecular flexibility index (Phi) is 5.03. The van der Waals surface area contributed by atoms with Crippen LogP contribution in [-0.4, -0.2) is 17.5 Å².